The van der Waals surface area contributed by atoms with Gasteiger partial charge in [0.2, 0.25) is 5.91 Å². The molecule has 0 heterocycles. The average molecular weight is 394 g/mol. The second kappa shape index (κ2) is 15.6. The Balaban J connectivity index is 2.07. The Morgan fingerprint density at radius 3 is 2.15 bits per heavy atom. The van der Waals surface area contributed by atoms with Crippen LogP contribution in [0.5, 0.6) is 0 Å². The second-order valence-electron chi connectivity index (χ2n) is 6.92. The molecule has 0 saturated heterocycles. The first-order chi connectivity index (χ1) is 13.1. The first kappa shape index (κ1) is 23.5. The molecular formula is C22H35NO3S. The van der Waals surface area contributed by atoms with Crippen molar-refractivity contribution < 1.29 is 14.7 Å². The molecule has 0 aromatic heterocycles. The molecule has 5 heteroatoms. The van der Waals surface area contributed by atoms with Crippen molar-refractivity contribution in [3.63, 3.8) is 0 Å². The topological polar surface area (TPSA) is 66.4 Å². The Hall–Kier alpha value is -1.49. The Kier molecular flexibility index (Phi) is 13.6. The maximum absolute atomic E-state index is 12.0. The van der Waals surface area contributed by atoms with Gasteiger partial charge in [-0.25, -0.2) is 4.79 Å². The van der Waals surface area contributed by atoms with Crippen molar-refractivity contribution in [1.82, 2.24) is 5.32 Å². The lowest BCUT2D eigenvalue weighted by atomic mass is 10.0. The molecule has 0 aliphatic heterocycles. The van der Waals surface area contributed by atoms with Crippen LogP contribution in [0.25, 0.3) is 0 Å². The third kappa shape index (κ3) is 12.5. The normalized spacial score (nSPS) is 11.9. The molecule has 1 atom stereocenters. The van der Waals surface area contributed by atoms with Gasteiger partial charge in [0.25, 0.3) is 0 Å². The van der Waals surface area contributed by atoms with Crippen LogP contribution < -0.4 is 5.32 Å². The third-order valence-electron chi connectivity index (χ3n) is 4.56. The fourth-order valence-corrected chi connectivity index (χ4v) is 3.71. The van der Waals surface area contributed by atoms with E-state index in [1.807, 2.05) is 42.1 Å². The Labute approximate surface area is 168 Å². The summed E-state index contributed by atoms with van der Waals surface area (Å²) in [7, 11) is 0. The number of unbranched alkanes of at least 4 members (excludes halogenated alkanes) is 7. The van der Waals surface area contributed by atoms with Crippen molar-refractivity contribution >= 4 is 23.6 Å². The highest BCUT2D eigenvalue weighted by Crippen LogP contribution is 2.12. The molecule has 4 nitrogen and oxygen atoms in total. The van der Waals surface area contributed by atoms with Gasteiger partial charge < -0.3 is 10.4 Å². The molecule has 0 saturated carbocycles. The van der Waals surface area contributed by atoms with Gasteiger partial charge in [0.1, 0.15) is 6.04 Å². The first-order valence-electron chi connectivity index (χ1n) is 10.3. The summed E-state index contributed by atoms with van der Waals surface area (Å²) in [5, 5.41) is 12.0. The molecule has 0 unspecified atom stereocenters. The van der Waals surface area contributed by atoms with Crippen molar-refractivity contribution in [3.05, 3.63) is 35.9 Å². The van der Waals surface area contributed by atoms with Crippen LogP contribution in [0, 0.1) is 0 Å². The fourth-order valence-electron chi connectivity index (χ4n) is 3.01. The molecule has 0 aliphatic rings. The van der Waals surface area contributed by atoms with E-state index in [1.54, 1.807) is 0 Å². The van der Waals surface area contributed by atoms with Gasteiger partial charge >= 0.3 is 5.97 Å². The minimum absolute atomic E-state index is 0.160. The molecule has 1 aromatic rings. The summed E-state index contributed by atoms with van der Waals surface area (Å²) >= 11 is 2.02. The molecule has 0 bridgehead atoms. The maximum atomic E-state index is 12.0. The van der Waals surface area contributed by atoms with Crippen LogP contribution >= 0.6 is 11.8 Å². The molecule has 27 heavy (non-hydrogen) atoms. The summed E-state index contributed by atoms with van der Waals surface area (Å²) in [6.07, 6.45) is 10.2. The number of hydrogen-bond donors (Lipinski definition) is 2. The van der Waals surface area contributed by atoms with E-state index in [4.69, 9.17) is 0 Å². The van der Waals surface area contributed by atoms with Crippen LogP contribution in [0.4, 0.5) is 0 Å². The number of nitrogens with one attached hydrogen (secondary N) is 1. The van der Waals surface area contributed by atoms with Crippen molar-refractivity contribution in [2.45, 2.75) is 77.2 Å². The van der Waals surface area contributed by atoms with Gasteiger partial charge in [-0.1, -0.05) is 75.8 Å². The monoisotopic (exact) mass is 393 g/mol. The van der Waals surface area contributed by atoms with Crippen LogP contribution in [-0.4, -0.2) is 34.5 Å². The molecule has 0 fully saturated rings. The van der Waals surface area contributed by atoms with Gasteiger partial charge in [-0.3, -0.25) is 4.79 Å². The number of carbonyl (C=O) groups excluding carboxylic acids is 1. The lowest BCUT2D eigenvalue weighted by molar-refractivity contribution is -0.141. The smallest absolute Gasteiger partial charge is 0.326 e. The van der Waals surface area contributed by atoms with Gasteiger partial charge in [-0.05, 0) is 29.9 Å². The van der Waals surface area contributed by atoms with Gasteiger partial charge in [0.15, 0.2) is 0 Å². The minimum atomic E-state index is -0.982. The molecule has 1 amide bonds. The summed E-state index contributed by atoms with van der Waals surface area (Å²) in [4.78, 5) is 23.4. The summed E-state index contributed by atoms with van der Waals surface area (Å²) in [6, 6.07) is 8.55. The SMILES string of the molecule is CCSCCCCCCCCCCC(=O)N[C@@H](Cc1ccccc1)C(=O)O. The van der Waals surface area contributed by atoms with Gasteiger partial charge in [0, 0.05) is 12.8 Å². The van der Waals surface area contributed by atoms with E-state index in [0.29, 0.717) is 12.8 Å². The van der Waals surface area contributed by atoms with E-state index in [0.717, 1.165) is 24.8 Å². The average Bonchev–Trinajstić information content (AvgIpc) is 2.66. The van der Waals surface area contributed by atoms with Gasteiger partial charge in [0.05, 0.1) is 0 Å². The van der Waals surface area contributed by atoms with E-state index in [2.05, 4.69) is 12.2 Å². The maximum Gasteiger partial charge on any atom is 0.326 e. The van der Waals surface area contributed by atoms with Crippen LogP contribution in [0.1, 0.15) is 70.3 Å². The number of thioether (sulfide) groups is 1. The molecular weight excluding hydrogens is 358 g/mol. The Morgan fingerprint density at radius 1 is 0.963 bits per heavy atom. The fraction of sp³-hybridized carbons (Fsp3) is 0.636. The number of rotatable bonds is 16. The Morgan fingerprint density at radius 2 is 1.56 bits per heavy atom. The van der Waals surface area contributed by atoms with E-state index in [-0.39, 0.29) is 5.91 Å². The molecule has 2 N–H and O–H groups in total. The number of aliphatic carboxylic acids is 1. The van der Waals surface area contributed by atoms with Crippen molar-refractivity contribution in [2.24, 2.45) is 0 Å². The van der Waals surface area contributed by atoms with Gasteiger partial charge in [-0.15, -0.1) is 0 Å². The molecule has 1 rings (SSSR count). The number of benzene rings is 1. The van der Waals surface area contributed by atoms with E-state index in [9.17, 15) is 14.7 Å². The van der Waals surface area contributed by atoms with Crippen LogP contribution in [-0.2, 0) is 16.0 Å². The molecule has 0 radical (unpaired) electrons. The first-order valence-corrected chi connectivity index (χ1v) is 11.4. The summed E-state index contributed by atoms with van der Waals surface area (Å²) in [6.45, 7) is 2.20. The molecule has 1 aromatic carbocycles. The van der Waals surface area contributed by atoms with Crippen molar-refractivity contribution in [2.75, 3.05) is 11.5 Å². The zero-order valence-electron chi connectivity index (χ0n) is 16.6. The number of carboxylic acids is 1. The molecule has 0 aliphatic carbocycles. The molecule has 152 valence electrons. The van der Waals surface area contributed by atoms with Crippen molar-refractivity contribution in [1.29, 1.82) is 0 Å². The lowest BCUT2D eigenvalue weighted by Crippen LogP contribution is -2.42. The number of carbonyl (C=O) groups is 2. The summed E-state index contributed by atoms with van der Waals surface area (Å²) in [5.41, 5.74) is 0.915. The second-order valence-corrected chi connectivity index (χ2v) is 8.32. The number of carboxylic acid groups (broad SMARTS) is 1. The predicted octanol–water partition coefficient (Wildman–Crippen LogP) is 5.06. The number of hydrogen-bond acceptors (Lipinski definition) is 3. The molecule has 0 spiro atoms. The largest absolute Gasteiger partial charge is 0.480 e. The zero-order valence-corrected chi connectivity index (χ0v) is 17.4. The van der Waals surface area contributed by atoms with Crippen LogP contribution in [0.3, 0.4) is 0 Å². The predicted molar refractivity (Wildman–Crippen MR) is 114 cm³/mol. The van der Waals surface area contributed by atoms with E-state index in [1.165, 1.54) is 43.6 Å². The van der Waals surface area contributed by atoms with Crippen LogP contribution in [0.15, 0.2) is 30.3 Å². The minimum Gasteiger partial charge on any atom is -0.480 e. The Bertz CT molecular complexity index is 522. The van der Waals surface area contributed by atoms with Crippen LogP contribution in [0.2, 0.25) is 0 Å². The summed E-state index contributed by atoms with van der Waals surface area (Å²) < 4.78 is 0. The summed E-state index contributed by atoms with van der Waals surface area (Å²) in [5.74, 6) is 1.36. The van der Waals surface area contributed by atoms with Gasteiger partial charge in [-0.2, -0.15) is 11.8 Å². The van der Waals surface area contributed by atoms with E-state index < -0.39 is 12.0 Å². The van der Waals surface area contributed by atoms with Crippen molar-refractivity contribution in [3.8, 4) is 0 Å². The standard InChI is InChI=1S/C22H35NO3S/c1-2-27-17-13-8-6-4-3-5-7-12-16-21(24)23-20(22(25)26)18-19-14-10-9-11-15-19/h9-11,14-15,20H,2-8,12-13,16-18H2,1H3,(H,23,24)(H,25,26)/t20-/m0/s1. The third-order valence-corrected chi connectivity index (χ3v) is 5.55. The van der Waals surface area contributed by atoms with E-state index >= 15 is 0 Å². The highest BCUT2D eigenvalue weighted by molar-refractivity contribution is 7.99. The lowest BCUT2D eigenvalue weighted by Gasteiger charge is -2.14. The highest BCUT2D eigenvalue weighted by Gasteiger charge is 2.19. The number of amides is 1. The highest BCUT2D eigenvalue weighted by atomic mass is 32.2. The zero-order chi connectivity index (χ0) is 19.7. The quantitative estimate of drug-likeness (QED) is 0.385.